The SMILES string of the molecule is CC(NC(=O)CCc1ccc(-c2ccccc2F)o1)c1ccc(S(=O)(=O)N(C)C)cc1. The van der Waals surface area contributed by atoms with E-state index in [1.807, 2.05) is 6.92 Å². The van der Waals surface area contributed by atoms with E-state index in [1.165, 1.54) is 32.3 Å². The number of sulfonamides is 1. The normalized spacial score (nSPS) is 12.7. The Morgan fingerprint density at radius 2 is 1.74 bits per heavy atom. The average Bonchev–Trinajstić information content (AvgIpc) is 3.21. The highest BCUT2D eigenvalue weighted by Crippen LogP contribution is 2.25. The summed E-state index contributed by atoms with van der Waals surface area (Å²) in [5.74, 6) is 0.495. The maximum Gasteiger partial charge on any atom is 0.242 e. The summed E-state index contributed by atoms with van der Waals surface area (Å²) < 4.78 is 45.0. The summed E-state index contributed by atoms with van der Waals surface area (Å²) >= 11 is 0. The van der Waals surface area contributed by atoms with Crippen molar-refractivity contribution in [2.75, 3.05) is 14.1 Å². The summed E-state index contributed by atoms with van der Waals surface area (Å²) in [5.41, 5.74) is 1.18. The van der Waals surface area contributed by atoms with Gasteiger partial charge in [-0.2, -0.15) is 0 Å². The summed E-state index contributed by atoms with van der Waals surface area (Å²) in [5, 5.41) is 2.89. The van der Waals surface area contributed by atoms with Crippen molar-refractivity contribution >= 4 is 15.9 Å². The molecule has 0 saturated heterocycles. The Hall–Kier alpha value is -2.97. The van der Waals surface area contributed by atoms with Crippen LogP contribution in [-0.2, 0) is 21.2 Å². The first-order valence-electron chi connectivity index (χ1n) is 9.84. The number of nitrogens with one attached hydrogen (secondary N) is 1. The molecule has 0 fully saturated rings. The number of furan rings is 1. The number of carbonyl (C=O) groups is 1. The number of amides is 1. The fourth-order valence-electron chi connectivity index (χ4n) is 3.09. The van der Waals surface area contributed by atoms with Crippen LogP contribution in [0.3, 0.4) is 0 Å². The molecule has 1 unspecified atom stereocenters. The van der Waals surface area contributed by atoms with Gasteiger partial charge in [-0.15, -0.1) is 0 Å². The van der Waals surface area contributed by atoms with Crippen molar-refractivity contribution < 1.29 is 22.0 Å². The quantitative estimate of drug-likeness (QED) is 0.566. The van der Waals surface area contributed by atoms with Gasteiger partial charge in [0.15, 0.2) is 0 Å². The van der Waals surface area contributed by atoms with Crippen LogP contribution in [0, 0.1) is 5.82 Å². The summed E-state index contributed by atoms with van der Waals surface area (Å²) in [4.78, 5) is 12.5. The Morgan fingerprint density at radius 1 is 1.06 bits per heavy atom. The molecular formula is C23H25FN2O4S. The lowest BCUT2D eigenvalue weighted by Crippen LogP contribution is -2.27. The molecule has 1 N–H and O–H groups in total. The predicted molar refractivity (Wildman–Crippen MR) is 116 cm³/mol. The highest BCUT2D eigenvalue weighted by Gasteiger charge is 2.18. The van der Waals surface area contributed by atoms with Crippen LogP contribution in [0.25, 0.3) is 11.3 Å². The second-order valence-corrected chi connectivity index (χ2v) is 9.54. The third-order valence-electron chi connectivity index (χ3n) is 4.94. The first kappa shape index (κ1) is 22.7. The molecule has 1 heterocycles. The molecule has 3 aromatic rings. The summed E-state index contributed by atoms with van der Waals surface area (Å²) in [7, 11) is -0.537. The zero-order valence-electron chi connectivity index (χ0n) is 17.6. The molecule has 1 amide bonds. The Morgan fingerprint density at radius 3 is 2.39 bits per heavy atom. The van der Waals surface area contributed by atoms with E-state index in [0.717, 1.165) is 9.87 Å². The van der Waals surface area contributed by atoms with E-state index in [4.69, 9.17) is 4.42 Å². The molecule has 1 aromatic heterocycles. The molecule has 0 radical (unpaired) electrons. The molecule has 6 nitrogen and oxygen atoms in total. The highest BCUT2D eigenvalue weighted by molar-refractivity contribution is 7.89. The van der Waals surface area contributed by atoms with Gasteiger partial charge >= 0.3 is 0 Å². The standard InChI is InChI=1S/C23H25FN2O4S/c1-16(17-8-12-19(13-9-17)31(28,29)26(2)3)25-23(27)15-11-18-10-14-22(30-18)20-6-4-5-7-21(20)24/h4-10,12-14,16H,11,15H2,1-3H3,(H,25,27). The minimum atomic E-state index is -3.49. The monoisotopic (exact) mass is 444 g/mol. The van der Waals surface area contributed by atoms with E-state index < -0.39 is 10.0 Å². The van der Waals surface area contributed by atoms with Gasteiger partial charge in [-0.05, 0) is 48.9 Å². The van der Waals surface area contributed by atoms with Crippen molar-refractivity contribution in [3.63, 3.8) is 0 Å². The van der Waals surface area contributed by atoms with E-state index >= 15 is 0 Å². The molecule has 3 rings (SSSR count). The maximum atomic E-state index is 13.9. The van der Waals surface area contributed by atoms with Crippen LogP contribution in [0.4, 0.5) is 4.39 Å². The van der Waals surface area contributed by atoms with Gasteiger partial charge in [-0.25, -0.2) is 17.1 Å². The lowest BCUT2D eigenvalue weighted by atomic mass is 10.1. The van der Waals surface area contributed by atoms with Gasteiger partial charge in [-0.3, -0.25) is 4.79 Å². The minimum Gasteiger partial charge on any atom is -0.461 e. The van der Waals surface area contributed by atoms with Gasteiger partial charge in [0.2, 0.25) is 15.9 Å². The molecule has 164 valence electrons. The van der Waals surface area contributed by atoms with Crippen molar-refractivity contribution in [3.05, 3.63) is 77.8 Å². The summed E-state index contributed by atoms with van der Waals surface area (Å²) in [6, 6.07) is 15.9. The van der Waals surface area contributed by atoms with Crippen LogP contribution in [0.5, 0.6) is 0 Å². The van der Waals surface area contributed by atoms with Crippen molar-refractivity contribution in [1.82, 2.24) is 9.62 Å². The van der Waals surface area contributed by atoms with Crippen LogP contribution in [0.1, 0.15) is 30.7 Å². The fraction of sp³-hybridized carbons (Fsp3) is 0.261. The third-order valence-corrected chi connectivity index (χ3v) is 6.76. The van der Waals surface area contributed by atoms with E-state index in [-0.39, 0.29) is 29.1 Å². The Kier molecular flexibility index (Phi) is 6.92. The summed E-state index contributed by atoms with van der Waals surface area (Å²) in [6.07, 6.45) is 0.592. The summed E-state index contributed by atoms with van der Waals surface area (Å²) in [6.45, 7) is 1.83. The minimum absolute atomic E-state index is 0.165. The van der Waals surface area contributed by atoms with Crippen LogP contribution in [0.15, 0.2) is 70.0 Å². The van der Waals surface area contributed by atoms with Crippen molar-refractivity contribution in [2.24, 2.45) is 0 Å². The second-order valence-electron chi connectivity index (χ2n) is 7.39. The lowest BCUT2D eigenvalue weighted by molar-refractivity contribution is -0.121. The van der Waals surface area contributed by atoms with E-state index in [9.17, 15) is 17.6 Å². The Labute approximate surface area is 181 Å². The molecule has 1 atom stereocenters. The molecule has 31 heavy (non-hydrogen) atoms. The second kappa shape index (κ2) is 9.45. The van der Waals surface area contributed by atoms with Crippen LogP contribution >= 0.6 is 0 Å². The zero-order chi connectivity index (χ0) is 22.6. The number of halogens is 1. The van der Waals surface area contributed by atoms with Crippen molar-refractivity contribution in [1.29, 1.82) is 0 Å². The number of benzene rings is 2. The molecule has 0 saturated carbocycles. The van der Waals surface area contributed by atoms with Crippen LogP contribution in [0.2, 0.25) is 0 Å². The number of nitrogens with zero attached hydrogens (tertiary/aromatic N) is 1. The Bertz CT molecular complexity index is 1150. The molecule has 0 aliphatic heterocycles. The highest BCUT2D eigenvalue weighted by atomic mass is 32.2. The molecule has 0 aliphatic rings. The van der Waals surface area contributed by atoms with Crippen LogP contribution < -0.4 is 5.32 Å². The van der Waals surface area contributed by atoms with Gasteiger partial charge in [0.25, 0.3) is 0 Å². The lowest BCUT2D eigenvalue weighted by Gasteiger charge is -2.16. The number of rotatable bonds is 8. The number of hydrogen-bond donors (Lipinski definition) is 1. The molecule has 0 bridgehead atoms. The molecule has 0 aliphatic carbocycles. The smallest absolute Gasteiger partial charge is 0.242 e. The molecule has 0 spiro atoms. The van der Waals surface area contributed by atoms with Crippen LogP contribution in [-0.4, -0.2) is 32.7 Å². The van der Waals surface area contributed by atoms with E-state index in [1.54, 1.807) is 42.5 Å². The molecule has 8 heteroatoms. The zero-order valence-corrected chi connectivity index (χ0v) is 18.4. The number of aryl methyl sites for hydroxylation is 1. The number of hydrogen-bond acceptors (Lipinski definition) is 4. The predicted octanol–water partition coefficient (Wildman–Crippen LogP) is 4.15. The largest absolute Gasteiger partial charge is 0.461 e. The fourth-order valence-corrected chi connectivity index (χ4v) is 3.99. The van der Waals surface area contributed by atoms with E-state index in [0.29, 0.717) is 23.5 Å². The van der Waals surface area contributed by atoms with Gasteiger partial charge < -0.3 is 9.73 Å². The van der Waals surface area contributed by atoms with Gasteiger partial charge in [0, 0.05) is 26.9 Å². The van der Waals surface area contributed by atoms with Gasteiger partial charge in [0.1, 0.15) is 17.3 Å². The maximum absolute atomic E-state index is 13.9. The first-order valence-corrected chi connectivity index (χ1v) is 11.3. The molecular weight excluding hydrogens is 419 g/mol. The van der Waals surface area contributed by atoms with E-state index in [2.05, 4.69) is 5.32 Å². The topological polar surface area (TPSA) is 79.6 Å². The van der Waals surface area contributed by atoms with Crippen molar-refractivity contribution in [2.45, 2.75) is 30.7 Å². The first-order chi connectivity index (χ1) is 14.7. The van der Waals surface area contributed by atoms with Crippen molar-refractivity contribution in [3.8, 4) is 11.3 Å². The number of carbonyl (C=O) groups excluding carboxylic acids is 1. The Balaban J connectivity index is 1.56. The van der Waals surface area contributed by atoms with Gasteiger partial charge in [0.05, 0.1) is 16.5 Å². The average molecular weight is 445 g/mol. The third kappa shape index (κ3) is 5.39. The van der Waals surface area contributed by atoms with Gasteiger partial charge in [-0.1, -0.05) is 24.3 Å². The molecule has 2 aromatic carbocycles.